The van der Waals surface area contributed by atoms with E-state index in [1.165, 1.54) is 10.6 Å². The van der Waals surface area contributed by atoms with Gasteiger partial charge in [0.05, 0.1) is 11.9 Å². The van der Waals surface area contributed by atoms with Crippen LogP contribution in [0.25, 0.3) is 0 Å². The Morgan fingerprint density at radius 1 is 0.972 bits per heavy atom. The van der Waals surface area contributed by atoms with Gasteiger partial charge in [0.15, 0.2) is 0 Å². The number of hydrogen-bond acceptors (Lipinski definition) is 4. The van der Waals surface area contributed by atoms with Crippen molar-refractivity contribution >= 4 is 27.5 Å². The number of anilines is 1. The van der Waals surface area contributed by atoms with Crippen LogP contribution in [0.1, 0.15) is 64.2 Å². The number of amides is 2. The highest BCUT2D eigenvalue weighted by Gasteiger charge is 2.28. The van der Waals surface area contributed by atoms with Gasteiger partial charge in [-0.15, -0.1) is 0 Å². The molecule has 0 bridgehead atoms. The number of rotatable bonds is 11. The van der Waals surface area contributed by atoms with Crippen LogP contribution in [0.5, 0.6) is 0 Å². The van der Waals surface area contributed by atoms with Crippen molar-refractivity contribution in [3.05, 3.63) is 65.2 Å². The Kier molecular flexibility index (Phi) is 10.1. The number of carbonyl (C=O) groups is 2. The maximum absolute atomic E-state index is 13.4. The van der Waals surface area contributed by atoms with E-state index >= 15 is 0 Å². The van der Waals surface area contributed by atoms with Gasteiger partial charge in [-0.25, -0.2) is 8.42 Å². The number of benzene rings is 2. The minimum absolute atomic E-state index is 0.123. The third-order valence-electron chi connectivity index (χ3n) is 5.92. The number of carbonyl (C=O) groups excluding carboxylic acids is 2. The van der Waals surface area contributed by atoms with Crippen LogP contribution in [-0.2, 0) is 32.6 Å². The molecule has 36 heavy (non-hydrogen) atoms. The van der Waals surface area contributed by atoms with Crippen molar-refractivity contribution in [3.8, 4) is 0 Å². The van der Waals surface area contributed by atoms with E-state index in [9.17, 15) is 18.0 Å². The summed E-state index contributed by atoms with van der Waals surface area (Å²) in [7, 11) is -3.51. The Labute approximate surface area is 216 Å². The Morgan fingerprint density at radius 2 is 1.53 bits per heavy atom. The van der Waals surface area contributed by atoms with Crippen molar-refractivity contribution in [2.75, 3.05) is 17.1 Å². The fraction of sp³-hybridized carbons (Fsp3) is 0.500. The zero-order chi connectivity index (χ0) is 27.1. The Balaban J connectivity index is 2.17. The van der Waals surface area contributed by atoms with E-state index in [1.54, 1.807) is 24.0 Å². The van der Waals surface area contributed by atoms with E-state index in [2.05, 4.69) is 5.32 Å². The van der Waals surface area contributed by atoms with E-state index in [0.29, 0.717) is 18.7 Å². The van der Waals surface area contributed by atoms with E-state index in [0.717, 1.165) is 23.1 Å². The molecule has 0 fully saturated rings. The summed E-state index contributed by atoms with van der Waals surface area (Å²) in [5, 5.41) is 2.95. The standard InChI is InChI=1S/C28H41N3O4S/c1-8-23-15-17-25(18-16-23)31(36(7,34)35)19-9-10-26(32)30(20-24-13-11-21(2)12-14-24)22(3)27(33)29-28(4,5)6/h11-18,22H,8-10,19-20H2,1-7H3,(H,29,33). The predicted molar refractivity (Wildman–Crippen MR) is 146 cm³/mol. The molecule has 0 spiro atoms. The molecule has 0 saturated heterocycles. The molecule has 0 saturated carbocycles. The summed E-state index contributed by atoms with van der Waals surface area (Å²) in [5.41, 5.74) is 3.32. The summed E-state index contributed by atoms with van der Waals surface area (Å²) in [5.74, 6) is -0.418. The lowest BCUT2D eigenvalue weighted by molar-refractivity contribution is -0.141. The first-order valence-corrected chi connectivity index (χ1v) is 14.3. The SMILES string of the molecule is CCc1ccc(N(CCCC(=O)N(Cc2ccc(C)cc2)C(C)C(=O)NC(C)(C)C)S(C)(=O)=O)cc1. The third-order valence-corrected chi connectivity index (χ3v) is 7.12. The summed E-state index contributed by atoms with van der Waals surface area (Å²) in [4.78, 5) is 27.8. The van der Waals surface area contributed by atoms with E-state index in [1.807, 2.05) is 71.0 Å². The van der Waals surface area contributed by atoms with E-state index < -0.39 is 21.6 Å². The lowest BCUT2D eigenvalue weighted by Gasteiger charge is -2.32. The van der Waals surface area contributed by atoms with E-state index in [-0.39, 0.29) is 24.8 Å². The number of nitrogens with one attached hydrogen (secondary N) is 1. The van der Waals surface area contributed by atoms with Gasteiger partial charge in [0.25, 0.3) is 0 Å². The van der Waals surface area contributed by atoms with Crippen LogP contribution in [0.4, 0.5) is 5.69 Å². The van der Waals surface area contributed by atoms with Crippen LogP contribution in [-0.4, -0.2) is 49.5 Å². The fourth-order valence-corrected chi connectivity index (χ4v) is 4.81. The Bertz CT molecular complexity index is 1120. The van der Waals surface area contributed by atoms with Gasteiger partial charge in [0.1, 0.15) is 6.04 Å². The normalized spacial score (nSPS) is 12.6. The summed E-state index contributed by atoms with van der Waals surface area (Å²) < 4.78 is 26.3. The second-order valence-electron chi connectivity index (χ2n) is 10.4. The highest BCUT2D eigenvalue weighted by molar-refractivity contribution is 7.92. The zero-order valence-corrected chi connectivity index (χ0v) is 23.5. The molecular weight excluding hydrogens is 474 g/mol. The second-order valence-corrected chi connectivity index (χ2v) is 12.3. The maximum Gasteiger partial charge on any atom is 0.242 e. The van der Waals surface area contributed by atoms with E-state index in [4.69, 9.17) is 0 Å². The van der Waals surface area contributed by atoms with Gasteiger partial charge in [-0.3, -0.25) is 13.9 Å². The monoisotopic (exact) mass is 515 g/mol. The zero-order valence-electron chi connectivity index (χ0n) is 22.7. The van der Waals surface area contributed by atoms with Gasteiger partial charge in [-0.2, -0.15) is 0 Å². The molecule has 0 radical (unpaired) electrons. The fourth-order valence-electron chi connectivity index (χ4n) is 3.85. The van der Waals surface area contributed by atoms with Gasteiger partial charge in [0, 0.05) is 25.0 Å². The molecule has 7 nitrogen and oxygen atoms in total. The smallest absolute Gasteiger partial charge is 0.242 e. The molecule has 2 rings (SSSR count). The molecule has 198 valence electrons. The predicted octanol–water partition coefficient (Wildman–Crippen LogP) is 4.44. The first kappa shape index (κ1) is 29.4. The third kappa shape index (κ3) is 8.97. The quantitative estimate of drug-likeness (QED) is 0.479. The Hall–Kier alpha value is -2.87. The number of aryl methyl sites for hydroxylation is 2. The molecule has 0 aliphatic carbocycles. The van der Waals surface area contributed by atoms with Crippen LogP contribution in [0.2, 0.25) is 0 Å². The number of nitrogens with zero attached hydrogens (tertiary/aromatic N) is 2. The second kappa shape index (κ2) is 12.4. The maximum atomic E-state index is 13.4. The molecule has 8 heteroatoms. The lowest BCUT2D eigenvalue weighted by atomic mass is 10.1. The minimum Gasteiger partial charge on any atom is -0.350 e. The molecule has 2 aromatic carbocycles. The van der Waals surface area contributed by atoms with Crippen molar-refractivity contribution in [3.63, 3.8) is 0 Å². The highest BCUT2D eigenvalue weighted by Crippen LogP contribution is 2.20. The van der Waals surface area contributed by atoms with Crippen LogP contribution >= 0.6 is 0 Å². The van der Waals surface area contributed by atoms with Crippen LogP contribution in [0.15, 0.2) is 48.5 Å². The number of hydrogen-bond donors (Lipinski definition) is 1. The van der Waals surface area contributed by atoms with Crippen LogP contribution < -0.4 is 9.62 Å². The van der Waals surface area contributed by atoms with Gasteiger partial charge in [0.2, 0.25) is 21.8 Å². The molecule has 0 aliphatic rings. The minimum atomic E-state index is -3.51. The molecule has 0 aliphatic heterocycles. The summed E-state index contributed by atoms with van der Waals surface area (Å²) in [6, 6.07) is 14.6. The summed E-state index contributed by atoms with van der Waals surface area (Å²) >= 11 is 0. The molecular formula is C28H41N3O4S. The van der Waals surface area contributed by atoms with Crippen molar-refractivity contribution in [2.24, 2.45) is 0 Å². The van der Waals surface area contributed by atoms with Crippen molar-refractivity contribution in [1.82, 2.24) is 10.2 Å². The first-order chi connectivity index (χ1) is 16.7. The highest BCUT2D eigenvalue weighted by atomic mass is 32.2. The molecule has 1 atom stereocenters. The molecule has 2 amide bonds. The summed E-state index contributed by atoms with van der Waals surface area (Å²) in [6.07, 6.45) is 2.49. The molecule has 1 N–H and O–H groups in total. The molecule has 2 aromatic rings. The average molecular weight is 516 g/mol. The van der Waals surface area contributed by atoms with Gasteiger partial charge < -0.3 is 10.2 Å². The molecule has 1 unspecified atom stereocenters. The lowest BCUT2D eigenvalue weighted by Crippen LogP contribution is -2.52. The van der Waals surface area contributed by atoms with Crippen molar-refractivity contribution in [1.29, 1.82) is 0 Å². The topological polar surface area (TPSA) is 86.8 Å². The number of sulfonamides is 1. The molecule has 0 heterocycles. The van der Waals surface area contributed by atoms with Crippen LogP contribution in [0, 0.1) is 6.92 Å². The summed E-state index contributed by atoms with van der Waals surface area (Å²) in [6.45, 7) is 11.9. The van der Waals surface area contributed by atoms with Crippen molar-refractivity contribution in [2.45, 2.75) is 78.9 Å². The van der Waals surface area contributed by atoms with Crippen molar-refractivity contribution < 1.29 is 18.0 Å². The van der Waals surface area contributed by atoms with Gasteiger partial charge in [-0.1, -0.05) is 48.9 Å². The van der Waals surface area contributed by atoms with Gasteiger partial charge >= 0.3 is 0 Å². The largest absolute Gasteiger partial charge is 0.350 e. The first-order valence-electron chi connectivity index (χ1n) is 12.4. The Morgan fingerprint density at radius 3 is 2.03 bits per heavy atom. The van der Waals surface area contributed by atoms with Crippen LogP contribution in [0.3, 0.4) is 0 Å². The molecule has 0 aromatic heterocycles. The average Bonchev–Trinajstić information content (AvgIpc) is 2.79. The van der Waals surface area contributed by atoms with Gasteiger partial charge in [-0.05, 0) is 70.7 Å².